The molecule has 0 unspecified atom stereocenters. The third kappa shape index (κ3) is 2.76. The molecule has 2 heterocycles. The number of nitrogens with zero attached hydrogens (tertiary/aromatic N) is 1. The van der Waals surface area contributed by atoms with Crippen molar-refractivity contribution in [1.82, 2.24) is 4.90 Å². The predicted octanol–water partition coefficient (Wildman–Crippen LogP) is 1.92. The van der Waals surface area contributed by atoms with Crippen LogP contribution in [0, 0.1) is 0 Å². The number of ether oxygens (including phenoxy) is 2. The van der Waals surface area contributed by atoms with Gasteiger partial charge in [-0.2, -0.15) is 0 Å². The van der Waals surface area contributed by atoms with Crippen molar-refractivity contribution in [2.45, 2.75) is 18.6 Å². The molecule has 2 rings (SSSR count). The van der Waals surface area contributed by atoms with E-state index in [0.29, 0.717) is 23.4 Å². The van der Waals surface area contributed by atoms with Gasteiger partial charge in [0.2, 0.25) is 0 Å². The lowest BCUT2D eigenvalue weighted by Gasteiger charge is -2.23. The molecule has 1 aromatic rings. The first-order chi connectivity index (χ1) is 8.65. The zero-order valence-corrected chi connectivity index (χ0v) is 12.0. The van der Waals surface area contributed by atoms with Crippen molar-refractivity contribution in [1.29, 1.82) is 0 Å². The van der Waals surface area contributed by atoms with Crippen molar-refractivity contribution >= 4 is 21.8 Å². The molecule has 0 aromatic carbocycles. The van der Waals surface area contributed by atoms with Gasteiger partial charge in [-0.1, -0.05) is 0 Å². The van der Waals surface area contributed by atoms with Gasteiger partial charge < -0.3 is 18.8 Å². The zero-order chi connectivity index (χ0) is 13.1. The van der Waals surface area contributed by atoms with E-state index in [2.05, 4.69) is 15.9 Å². The number of carbonyl (C=O) groups is 1. The molecule has 1 fully saturated rings. The van der Waals surface area contributed by atoms with Gasteiger partial charge in [0.05, 0.1) is 24.3 Å². The second kappa shape index (κ2) is 5.86. The summed E-state index contributed by atoms with van der Waals surface area (Å²) in [6.45, 7) is 1.11. The van der Waals surface area contributed by atoms with Gasteiger partial charge in [-0.3, -0.25) is 4.79 Å². The van der Waals surface area contributed by atoms with Crippen LogP contribution in [0.15, 0.2) is 21.4 Å². The molecule has 0 spiro atoms. The Bertz CT molecular complexity index is 420. The predicted molar refractivity (Wildman–Crippen MR) is 68.5 cm³/mol. The summed E-state index contributed by atoms with van der Waals surface area (Å²) in [5.41, 5.74) is 0.541. The lowest BCUT2D eigenvalue weighted by atomic mass is 10.2. The molecule has 0 saturated carbocycles. The number of halogens is 1. The van der Waals surface area contributed by atoms with Crippen molar-refractivity contribution in [3.63, 3.8) is 0 Å². The Balaban J connectivity index is 2.12. The van der Waals surface area contributed by atoms with Crippen LogP contribution in [-0.4, -0.2) is 50.3 Å². The lowest BCUT2D eigenvalue weighted by molar-refractivity contribution is 0.0611. The minimum absolute atomic E-state index is 0.0500. The number of methoxy groups -OCH3 is 2. The minimum Gasteiger partial charge on any atom is -0.457 e. The quantitative estimate of drug-likeness (QED) is 0.851. The van der Waals surface area contributed by atoms with Crippen LogP contribution in [0.25, 0.3) is 0 Å². The first-order valence-electron chi connectivity index (χ1n) is 5.72. The minimum atomic E-state index is -0.0500. The fourth-order valence-electron chi connectivity index (χ4n) is 2.23. The van der Waals surface area contributed by atoms with E-state index in [4.69, 9.17) is 13.9 Å². The van der Waals surface area contributed by atoms with Crippen LogP contribution >= 0.6 is 15.9 Å². The molecular formula is C12H16BrNO4. The molecule has 2 atom stereocenters. The Hall–Kier alpha value is -0.850. The molecular weight excluding hydrogens is 302 g/mol. The van der Waals surface area contributed by atoms with Gasteiger partial charge in [0.15, 0.2) is 4.67 Å². The number of hydrogen-bond donors (Lipinski definition) is 0. The maximum Gasteiger partial charge on any atom is 0.257 e. The molecule has 0 aliphatic carbocycles. The normalized spacial score (nSPS) is 23.6. The SMILES string of the molecule is COC[C@@H]1C[C@@H](OC)CN1C(=O)c1coc(Br)c1. The largest absolute Gasteiger partial charge is 0.457 e. The standard InChI is InChI=1S/C12H16BrNO4/c1-16-7-9-4-10(17-2)5-14(9)12(15)8-3-11(13)18-6-8/h3,6,9-10H,4-5,7H2,1-2H3/t9-,10+/m0/s1. The van der Waals surface area contributed by atoms with Crippen LogP contribution in [-0.2, 0) is 9.47 Å². The van der Waals surface area contributed by atoms with Crippen molar-refractivity contribution in [3.8, 4) is 0 Å². The lowest BCUT2D eigenvalue weighted by Crippen LogP contribution is -2.38. The van der Waals surface area contributed by atoms with Crippen LogP contribution in [0.3, 0.4) is 0 Å². The highest BCUT2D eigenvalue weighted by Gasteiger charge is 2.36. The Morgan fingerprint density at radius 3 is 2.94 bits per heavy atom. The summed E-state index contributed by atoms with van der Waals surface area (Å²) < 4.78 is 16.1. The Labute approximate surface area is 114 Å². The number of furan rings is 1. The number of likely N-dealkylation sites (tertiary alicyclic amines) is 1. The molecule has 18 heavy (non-hydrogen) atoms. The van der Waals surface area contributed by atoms with Crippen LogP contribution in [0.5, 0.6) is 0 Å². The van der Waals surface area contributed by atoms with Crippen LogP contribution in [0.1, 0.15) is 16.8 Å². The maximum absolute atomic E-state index is 12.3. The summed E-state index contributed by atoms with van der Waals surface area (Å²) in [7, 11) is 3.30. The van der Waals surface area contributed by atoms with E-state index >= 15 is 0 Å². The molecule has 0 radical (unpaired) electrons. The van der Waals surface area contributed by atoms with Gasteiger partial charge in [-0.15, -0.1) is 0 Å². The highest BCUT2D eigenvalue weighted by Crippen LogP contribution is 2.24. The Kier molecular flexibility index (Phi) is 4.42. The van der Waals surface area contributed by atoms with E-state index in [0.717, 1.165) is 6.42 Å². The molecule has 1 amide bonds. The molecule has 6 heteroatoms. The van der Waals surface area contributed by atoms with E-state index in [9.17, 15) is 4.79 Å². The summed E-state index contributed by atoms with van der Waals surface area (Å²) in [6, 6.07) is 1.73. The van der Waals surface area contributed by atoms with Crippen molar-refractivity contribution in [3.05, 3.63) is 22.6 Å². The van der Waals surface area contributed by atoms with Crippen LogP contribution in [0.4, 0.5) is 0 Å². The third-order valence-electron chi connectivity index (χ3n) is 3.14. The van der Waals surface area contributed by atoms with Gasteiger partial charge in [0, 0.05) is 26.8 Å². The number of amides is 1. The van der Waals surface area contributed by atoms with E-state index < -0.39 is 0 Å². The van der Waals surface area contributed by atoms with E-state index in [1.807, 2.05) is 0 Å². The van der Waals surface area contributed by atoms with Crippen LogP contribution in [0.2, 0.25) is 0 Å². The highest BCUT2D eigenvalue weighted by atomic mass is 79.9. The third-order valence-corrected chi connectivity index (χ3v) is 3.56. The number of carbonyl (C=O) groups excluding carboxylic acids is 1. The molecule has 1 saturated heterocycles. The van der Waals surface area contributed by atoms with Crippen molar-refractivity contribution in [2.75, 3.05) is 27.4 Å². The van der Waals surface area contributed by atoms with Gasteiger partial charge in [-0.05, 0) is 22.4 Å². The van der Waals surface area contributed by atoms with Crippen molar-refractivity contribution in [2.24, 2.45) is 0 Å². The van der Waals surface area contributed by atoms with Crippen LogP contribution < -0.4 is 0 Å². The Morgan fingerprint density at radius 1 is 1.61 bits per heavy atom. The summed E-state index contributed by atoms with van der Waals surface area (Å²) >= 11 is 3.19. The second-order valence-electron chi connectivity index (χ2n) is 4.30. The maximum atomic E-state index is 12.3. The summed E-state index contributed by atoms with van der Waals surface area (Å²) in [5.74, 6) is -0.0500. The van der Waals surface area contributed by atoms with E-state index in [-0.39, 0.29) is 18.1 Å². The fraction of sp³-hybridized carbons (Fsp3) is 0.583. The Morgan fingerprint density at radius 2 is 2.39 bits per heavy atom. The molecule has 1 aromatic heterocycles. The topological polar surface area (TPSA) is 51.9 Å². The average molecular weight is 318 g/mol. The highest BCUT2D eigenvalue weighted by molar-refractivity contribution is 9.10. The van der Waals surface area contributed by atoms with Gasteiger partial charge in [-0.25, -0.2) is 0 Å². The summed E-state index contributed by atoms with van der Waals surface area (Å²) in [4.78, 5) is 14.1. The second-order valence-corrected chi connectivity index (χ2v) is 5.08. The number of hydrogen-bond acceptors (Lipinski definition) is 4. The summed E-state index contributed by atoms with van der Waals surface area (Å²) in [6.07, 6.45) is 2.33. The average Bonchev–Trinajstić information content (AvgIpc) is 2.95. The zero-order valence-electron chi connectivity index (χ0n) is 10.4. The smallest absolute Gasteiger partial charge is 0.257 e. The molecule has 0 bridgehead atoms. The van der Waals surface area contributed by atoms with E-state index in [1.165, 1.54) is 6.26 Å². The fourth-order valence-corrected chi connectivity index (χ4v) is 2.57. The molecule has 100 valence electrons. The monoisotopic (exact) mass is 317 g/mol. The summed E-state index contributed by atoms with van der Waals surface area (Å²) in [5, 5.41) is 0. The molecule has 0 N–H and O–H groups in total. The van der Waals surface area contributed by atoms with Gasteiger partial charge in [0.25, 0.3) is 5.91 Å². The van der Waals surface area contributed by atoms with Gasteiger partial charge in [0.1, 0.15) is 6.26 Å². The first kappa shape index (κ1) is 13.6. The van der Waals surface area contributed by atoms with Crippen molar-refractivity contribution < 1.29 is 18.7 Å². The van der Waals surface area contributed by atoms with E-state index in [1.54, 1.807) is 25.2 Å². The number of rotatable bonds is 4. The molecule has 1 aliphatic rings. The van der Waals surface area contributed by atoms with Gasteiger partial charge >= 0.3 is 0 Å². The molecule has 5 nitrogen and oxygen atoms in total. The first-order valence-corrected chi connectivity index (χ1v) is 6.51. The molecule has 1 aliphatic heterocycles.